The number of aryl methyl sites for hydroxylation is 1. The lowest BCUT2D eigenvalue weighted by molar-refractivity contribution is -0.117. The summed E-state index contributed by atoms with van der Waals surface area (Å²) in [6.07, 6.45) is 6.27. The third-order valence-electron chi connectivity index (χ3n) is 2.96. The van der Waals surface area contributed by atoms with E-state index in [1.54, 1.807) is 11.8 Å². The molecule has 0 bridgehead atoms. The van der Waals surface area contributed by atoms with E-state index in [0.29, 0.717) is 18.5 Å². The number of terminal acetylenes is 1. The largest absolute Gasteiger partial charge is 0.298 e. The summed E-state index contributed by atoms with van der Waals surface area (Å²) in [5.74, 6) is 2.90. The van der Waals surface area contributed by atoms with Gasteiger partial charge in [0.05, 0.1) is 15.6 Å². The predicted octanol–water partition coefficient (Wildman–Crippen LogP) is 3.52. The number of allylic oxidation sites excluding steroid dienone is 1. The first-order valence-electron chi connectivity index (χ1n) is 6.18. The van der Waals surface area contributed by atoms with Crippen LogP contribution in [0.4, 0.5) is 0 Å². The van der Waals surface area contributed by atoms with Crippen molar-refractivity contribution in [3.63, 3.8) is 0 Å². The van der Waals surface area contributed by atoms with E-state index in [4.69, 9.17) is 6.42 Å². The Morgan fingerprint density at radius 2 is 2.35 bits per heavy atom. The molecule has 1 aromatic rings. The molecule has 2 rings (SSSR count). The van der Waals surface area contributed by atoms with E-state index < -0.39 is 0 Å². The minimum absolute atomic E-state index is 0.0615. The third-order valence-corrected chi connectivity index (χ3v) is 5.55. The summed E-state index contributed by atoms with van der Waals surface area (Å²) >= 11 is 2.96. The summed E-state index contributed by atoms with van der Waals surface area (Å²) < 4.78 is 0.751. The fourth-order valence-corrected chi connectivity index (χ4v) is 4.41. The van der Waals surface area contributed by atoms with Crippen molar-refractivity contribution in [2.75, 3.05) is 5.75 Å². The molecule has 4 heteroatoms. The highest BCUT2D eigenvalue weighted by Gasteiger charge is 2.29. The first-order valence-corrected chi connectivity index (χ1v) is 8.04. The highest BCUT2D eigenvalue weighted by atomic mass is 32.2. The molecule has 0 radical (unpaired) electrons. The average molecular weight is 302 g/mol. The number of rotatable bonds is 4. The van der Waals surface area contributed by atoms with Gasteiger partial charge in [-0.05, 0) is 12.5 Å². The van der Waals surface area contributed by atoms with Crippen LogP contribution in [0.25, 0.3) is 0 Å². The molecule has 102 valence electrons. The number of hydrogen-bond acceptors (Lipinski definition) is 4. The molecule has 0 spiro atoms. The van der Waals surface area contributed by atoms with E-state index in [1.165, 1.54) is 17.3 Å². The second-order valence-electron chi connectivity index (χ2n) is 4.46. The summed E-state index contributed by atoms with van der Waals surface area (Å²) in [5, 5.41) is 0.0615. The Hall–Kier alpha value is -1.44. The summed E-state index contributed by atoms with van der Waals surface area (Å²) in [7, 11) is 0. The van der Waals surface area contributed by atoms with Crippen LogP contribution in [0, 0.1) is 19.3 Å². The Balaban J connectivity index is 2.29. The molecule has 0 aliphatic carbocycles. The van der Waals surface area contributed by atoms with Gasteiger partial charge in [0.1, 0.15) is 0 Å². The quantitative estimate of drug-likeness (QED) is 0.484. The Labute approximate surface area is 127 Å². The second kappa shape index (κ2) is 6.83. The number of carbonyl (C=O) groups excluding carboxylic acids is 2. The van der Waals surface area contributed by atoms with Crippen molar-refractivity contribution >= 4 is 35.6 Å². The maximum atomic E-state index is 12.1. The fraction of sp³-hybridized carbons (Fsp3) is 0.250. The van der Waals surface area contributed by atoms with Crippen LogP contribution in [0.15, 0.2) is 34.1 Å². The Kier molecular flexibility index (Phi) is 5.11. The SMILES string of the molecule is C#CCSC1=C(C=O)C(=O)CC(c2cccc(C)c2)S1. The third kappa shape index (κ3) is 3.36. The number of ketones is 1. The zero-order chi connectivity index (χ0) is 14.5. The molecular weight excluding hydrogens is 288 g/mol. The van der Waals surface area contributed by atoms with Crippen LogP contribution >= 0.6 is 23.5 Å². The van der Waals surface area contributed by atoms with Gasteiger partial charge >= 0.3 is 0 Å². The van der Waals surface area contributed by atoms with Gasteiger partial charge in [0.2, 0.25) is 0 Å². The number of thioether (sulfide) groups is 2. The van der Waals surface area contributed by atoms with E-state index in [-0.39, 0.29) is 16.6 Å². The molecule has 0 saturated heterocycles. The van der Waals surface area contributed by atoms with Crippen molar-refractivity contribution in [3.8, 4) is 12.3 Å². The highest BCUT2D eigenvalue weighted by Crippen LogP contribution is 2.47. The van der Waals surface area contributed by atoms with E-state index >= 15 is 0 Å². The second-order valence-corrected chi connectivity index (χ2v) is 6.92. The van der Waals surface area contributed by atoms with Gasteiger partial charge < -0.3 is 0 Å². The van der Waals surface area contributed by atoms with E-state index in [9.17, 15) is 9.59 Å². The molecule has 0 saturated carbocycles. The molecule has 0 fully saturated rings. The van der Waals surface area contributed by atoms with Gasteiger partial charge in [-0.25, -0.2) is 0 Å². The van der Waals surface area contributed by atoms with Crippen LogP contribution in [-0.4, -0.2) is 17.8 Å². The molecule has 1 aliphatic heterocycles. The zero-order valence-corrected chi connectivity index (χ0v) is 12.7. The summed E-state index contributed by atoms with van der Waals surface area (Å²) in [6.45, 7) is 2.03. The minimum Gasteiger partial charge on any atom is -0.298 e. The molecule has 0 amide bonds. The molecule has 2 nitrogen and oxygen atoms in total. The summed E-state index contributed by atoms with van der Waals surface area (Å²) in [5.41, 5.74) is 2.56. The lowest BCUT2D eigenvalue weighted by Crippen LogP contribution is -2.15. The predicted molar refractivity (Wildman–Crippen MR) is 85.5 cm³/mol. The molecule has 1 aliphatic rings. The van der Waals surface area contributed by atoms with Crippen molar-refractivity contribution in [2.24, 2.45) is 0 Å². The van der Waals surface area contributed by atoms with Crippen molar-refractivity contribution < 1.29 is 9.59 Å². The molecule has 0 aromatic heterocycles. The number of Topliss-reactive ketones (excluding diaryl/α,β-unsaturated/α-hetero) is 1. The Bertz CT molecular complexity index is 611. The van der Waals surface area contributed by atoms with E-state index in [2.05, 4.69) is 12.0 Å². The van der Waals surface area contributed by atoms with Gasteiger partial charge in [0.15, 0.2) is 12.1 Å². The molecular formula is C16H14O2S2. The maximum absolute atomic E-state index is 12.1. The number of carbonyl (C=O) groups is 2. The maximum Gasteiger partial charge on any atom is 0.169 e. The normalized spacial score (nSPS) is 18.8. The van der Waals surface area contributed by atoms with Crippen LogP contribution in [0.5, 0.6) is 0 Å². The molecule has 1 unspecified atom stereocenters. The molecule has 1 heterocycles. The number of hydrogen-bond donors (Lipinski definition) is 0. The van der Waals surface area contributed by atoms with Crippen LogP contribution in [0.1, 0.15) is 22.8 Å². The van der Waals surface area contributed by atoms with Gasteiger partial charge in [-0.3, -0.25) is 9.59 Å². The lowest BCUT2D eigenvalue weighted by Gasteiger charge is -2.23. The monoisotopic (exact) mass is 302 g/mol. The smallest absolute Gasteiger partial charge is 0.169 e. The van der Waals surface area contributed by atoms with Crippen molar-refractivity contribution in [1.29, 1.82) is 0 Å². The lowest BCUT2D eigenvalue weighted by atomic mass is 10.0. The van der Waals surface area contributed by atoms with Crippen molar-refractivity contribution in [1.82, 2.24) is 0 Å². The number of benzene rings is 1. The fourth-order valence-electron chi connectivity index (χ4n) is 2.02. The van der Waals surface area contributed by atoms with Gasteiger partial charge in [0.25, 0.3) is 0 Å². The highest BCUT2D eigenvalue weighted by molar-refractivity contribution is 8.22. The summed E-state index contributed by atoms with van der Waals surface area (Å²) in [4.78, 5) is 23.2. The topological polar surface area (TPSA) is 34.1 Å². The first kappa shape index (κ1) is 15.0. The van der Waals surface area contributed by atoms with E-state index in [1.807, 2.05) is 25.1 Å². The first-order chi connectivity index (χ1) is 9.65. The van der Waals surface area contributed by atoms with Gasteiger partial charge in [-0.2, -0.15) is 0 Å². The molecule has 1 atom stereocenters. The minimum atomic E-state index is -0.0928. The van der Waals surface area contributed by atoms with Crippen LogP contribution < -0.4 is 0 Å². The van der Waals surface area contributed by atoms with Crippen LogP contribution in [-0.2, 0) is 9.59 Å². The van der Waals surface area contributed by atoms with Gasteiger partial charge in [-0.15, -0.1) is 29.9 Å². The Morgan fingerprint density at radius 1 is 1.55 bits per heavy atom. The zero-order valence-electron chi connectivity index (χ0n) is 11.1. The molecule has 0 N–H and O–H groups in total. The van der Waals surface area contributed by atoms with Crippen molar-refractivity contribution in [2.45, 2.75) is 18.6 Å². The standard InChI is InChI=1S/C16H14O2S2/c1-3-7-19-16-13(10-17)14(18)9-15(20-16)12-6-4-5-11(2)8-12/h1,4-6,8,10,15H,7,9H2,2H3. The molecule has 1 aromatic carbocycles. The van der Waals surface area contributed by atoms with Crippen LogP contribution in [0.2, 0.25) is 0 Å². The van der Waals surface area contributed by atoms with Gasteiger partial charge in [-0.1, -0.05) is 35.7 Å². The van der Waals surface area contributed by atoms with Crippen LogP contribution in [0.3, 0.4) is 0 Å². The average Bonchev–Trinajstić information content (AvgIpc) is 2.44. The Morgan fingerprint density at radius 3 is 3.00 bits per heavy atom. The van der Waals surface area contributed by atoms with Gasteiger partial charge in [0, 0.05) is 11.7 Å². The van der Waals surface area contributed by atoms with E-state index in [0.717, 1.165) is 9.80 Å². The number of aldehydes is 1. The van der Waals surface area contributed by atoms with Crippen molar-refractivity contribution in [3.05, 3.63) is 45.2 Å². The molecule has 20 heavy (non-hydrogen) atoms. The summed E-state index contributed by atoms with van der Waals surface area (Å²) in [6, 6.07) is 8.12.